The van der Waals surface area contributed by atoms with Crippen LogP contribution in [-0.2, 0) is 11.2 Å². The summed E-state index contributed by atoms with van der Waals surface area (Å²) < 4.78 is 5.11. The highest BCUT2D eigenvalue weighted by atomic mass is 32.1. The smallest absolute Gasteiger partial charge is 0.227 e. The van der Waals surface area contributed by atoms with Gasteiger partial charge in [0.05, 0.1) is 0 Å². The first-order chi connectivity index (χ1) is 9.19. The molecule has 0 aliphatic heterocycles. The van der Waals surface area contributed by atoms with Gasteiger partial charge in [-0.25, -0.2) is 0 Å². The maximum Gasteiger partial charge on any atom is 0.227 e. The molecule has 2 rings (SSSR count). The van der Waals surface area contributed by atoms with Crippen LogP contribution in [0.5, 0.6) is 0 Å². The summed E-state index contributed by atoms with van der Waals surface area (Å²) in [5.74, 6) is 0.969. The molecule has 0 unspecified atom stereocenters. The van der Waals surface area contributed by atoms with Gasteiger partial charge in [-0.2, -0.15) is 16.3 Å². The van der Waals surface area contributed by atoms with Crippen molar-refractivity contribution in [1.82, 2.24) is 15.5 Å². The van der Waals surface area contributed by atoms with E-state index in [-0.39, 0.29) is 11.9 Å². The van der Waals surface area contributed by atoms with Gasteiger partial charge in [-0.3, -0.25) is 4.79 Å². The third kappa shape index (κ3) is 3.87. The van der Waals surface area contributed by atoms with Crippen LogP contribution < -0.4 is 11.1 Å². The summed E-state index contributed by atoms with van der Waals surface area (Å²) in [6.45, 7) is 2.29. The van der Waals surface area contributed by atoms with E-state index < -0.39 is 0 Å². The molecule has 0 bridgehead atoms. The second-order valence-corrected chi connectivity index (χ2v) is 5.01. The van der Waals surface area contributed by atoms with Crippen LogP contribution in [0.1, 0.15) is 19.2 Å². The monoisotopic (exact) mass is 280 g/mol. The van der Waals surface area contributed by atoms with Crippen molar-refractivity contribution >= 4 is 17.2 Å². The van der Waals surface area contributed by atoms with Crippen molar-refractivity contribution in [3.05, 3.63) is 22.7 Å². The lowest BCUT2D eigenvalue weighted by Gasteiger charge is -2.09. The molecule has 0 saturated heterocycles. The Kier molecular flexibility index (Phi) is 4.64. The summed E-state index contributed by atoms with van der Waals surface area (Å²) in [7, 11) is 0. The van der Waals surface area contributed by atoms with E-state index in [0.29, 0.717) is 31.1 Å². The maximum absolute atomic E-state index is 11.6. The van der Waals surface area contributed by atoms with Crippen molar-refractivity contribution in [2.45, 2.75) is 25.8 Å². The first-order valence-corrected chi connectivity index (χ1v) is 6.98. The SMILES string of the molecule is C[C@@H](CN)NC(=O)CCc1nc(-c2ccsc2)no1. The van der Waals surface area contributed by atoms with E-state index >= 15 is 0 Å². The number of nitrogens with two attached hydrogens (primary N) is 1. The molecule has 0 radical (unpaired) electrons. The van der Waals surface area contributed by atoms with Crippen molar-refractivity contribution in [2.75, 3.05) is 6.54 Å². The zero-order chi connectivity index (χ0) is 13.7. The molecule has 19 heavy (non-hydrogen) atoms. The second-order valence-electron chi connectivity index (χ2n) is 4.23. The minimum atomic E-state index is -0.0618. The van der Waals surface area contributed by atoms with E-state index in [1.807, 2.05) is 23.8 Å². The summed E-state index contributed by atoms with van der Waals surface area (Å²) in [5, 5.41) is 10.6. The summed E-state index contributed by atoms with van der Waals surface area (Å²) in [6, 6.07) is 1.91. The zero-order valence-corrected chi connectivity index (χ0v) is 11.4. The molecule has 102 valence electrons. The third-order valence-corrected chi connectivity index (χ3v) is 3.26. The van der Waals surface area contributed by atoms with Gasteiger partial charge in [0, 0.05) is 36.4 Å². The Bertz CT molecular complexity index is 524. The van der Waals surface area contributed by atoms with Gasteiger partial charge in [0.2, 0.25) is 17.6 Å². The molecule has 0 aliphatic carbocycles. The van der Waals surface area contributed by atoms with Crippen molar-refractivity contribution in [3.63, 3.8) is 0 Å². The number of carbonyl (C=O) groups is 1. The molecular formula is C12H16N4O2S. The van der Waals surface area contributed by atoms with Gasteiger partial charge in [-0.1, -0.05) is 5.16 Å². The molecule has 7 heteroatoms. The van der Waals surface area contributed by atoms with Gasteiger partial charge < -0.3 is 15.6 Å². The average molecular weight is 280 g/mol. The van der Waals surface area contributed by atoms with Crippen molar-refractivity contribution in [3.8, 4) is 11.4 Å². The molecule has 0 spiro atoms. The molecule has 1 atom stereocenters. The Morgan fingerprint density at radius 1 is 1.63 bits per heavy atom. The van der Waals surface area contributed by atoms with E-state index in [0.717, 1.165) is 5.56 Å². The fraction of sp³-hybridized carbons (Fsp3) is 0.417. The molecule has 0 fully saturated rings. The van der Waals surface area contributed by atoms with Gasteiger partial charge in [-0.05, 0) is 18.4 Å². The fourth-order valence-electron chi connectivity index (χ4n) is 1.49. The lowest BCUT2D eigenvalue weighted by molar-refractivity contribution is -0.121. The summed E-state index contributed by atoms with van der Waals surface area (Å²) >= 11 is 1.57. The predicted molar refractivity (Wildman–Crippen MR) is 72.6 cm³/mol. The Balaban J connectivity index is 1.85. The Labute approximate surface area is 115 Å². The summed E-state index contributed by atoms with van der Waals surface area (Å²) in [5.41, 5.74) is 6.36. The number of rotatable bonds is 6. The van der Waals surface area contributed by atoms with Gasteiger partial charge in [0.1, 0.15) is 0 Å². The Hall–Kier alpha value is -1.73. The van der Waals surface area contributed by atoms with Crippen LogP contribution in [0.25, 0.3) is 11.4 Å². The number of amides is 1. The average Bonchev–Trinajstić information content (AvgIpc) is 3.06. The molecule has 2 heterocycles. The molecule has 0 saturated carbocycles. The highest BCUT2D eigenvalue weighted by molar-refractivity contribution is 7.08. The Morgan fingerprint density at radius 3 is 3.16 bits per heavy atom. The largest absolute Gasteiger partial charge is 0.352 e. The van der Waals surface area contributed by atoms with E-state index in [1.54, 1.807) is 11.3 Å². The second kappa shape index (κ2) is 6.44. The van der Waals surface area contributed by atoms with Crippen LogP contribution in [0, 0.1) is 0 Å². The lowest BCUT2D eigenvalue weighted by Crippen LogP contribution is -2.37. The lowest BCUT2D eigenvalue weighted by atomic mass is 10.2. The van der Waals surface area contributed by atoms with E-state index in [2.05, 4.69) is 15.5 Å². The van der Waals surface area contributed by atoms with Crippen molar-refractivity contribution in [2.24, 2.45) is 5.73 Å². The number of carbonyl (C=O) groups excluding carboxylic acids is 1. The number of nitrogens with zero attached hydrogens (tertiary/aromatic N) is 2. The molecule has 6 nitrogen and oxygen atoms in total. The molecule has 0 aromatic carbocycles. The normalized spacial score (nSPS) is 12.3. The highest BCUT2D eigenvalue weighted by Gasteiger charge is 2.11. The summed E-state index contributed by atoms with van der Waals surface area (Å²) in [6.07, 6.45) is 0.746. The molecule has 0 aliphatic rings. The van der Waals surface area contributed by atoms with Gasteiger partial charge in [0.15, 0.2) is 0 Å². The number of nitrogens with one attached hydrogen (secondary N) is 1. The van der Waals surface area contributed by atoms with Gasteiger partial charge in [-0.15, -0.1) is 0 Å². The molecular weight excluding hydrogens is 264 g/mol. The first-order valence-electron chi connectivity index (χ1n) is 6.03. The molecule has 2 aromatic rings. The maximum atomic E-state index is 11.6. The molecule has 1 amide bonds. The number of thiophene rings is 1. The fourth-order valence-corrected chi connectivity index (χ4v) is 2.13. The predicted octanol–water partition coefficient (Wildman–Crippen LogP) is 1.19. The molecule has 2 aromatic heterocycles. The number of aryl methyl sites for hydroxylation is 1. The highest BCUT2D eigenvalue weighted by Crippen LogP contribution is 2.18. The van der Waals surface area contributed by atoms with E-state index in [4.69, 9.17) is 10.3 Å². The minimum Gasteiger partial charge on any atom is -0.352 e. The van der Waals surface area contributed by atoms with Crippen LogP contribution in [0.4, 0.5) is 0 Å². The topological polar surface area (TPSA) is 94.0 Å². The molecule has 3 N–H and O–H groups in total. The van der Waals surface area contributed by atoms with Crippen LogP contribution in [0.15, 0.2) is 21.3 Å². The zero-order valence-electron chi connectivity index (χ0n) is 10.6. The number of hydrogen-bond donors (Lipinski definition) is 2. The summed E-state index contributed by atoms with van der Waals surface area (Å²) in [4.78, 5) is 15.8. The quantitative estimate of drug-likeness (QED) is 0.829. The third-order valence-electron chi connectivity index (χ3n) is 2.57. The minimum absolute atomic E-state index is 0.0171. The van der Waals surface area contributed by atoms with Crippen LogP contribution in [0.2, 0.25) is 0 Å². The van der Waals surface area contributed by atoms with E-state index in [9.17, 15) is 4.79 Å². The first kappa shape index (κ1) is 13.7. The Morgan fingerprint density at radius 2 is 2.47 bits per heavy atom. The van der Waals surface area contributed by atoms with Crippen LogP contribution >= 0.6 is 11.3 Å². The number of hydrogen-bond acceptors (Lipinski definition) is 6. The standard InChI is InChI=1S/C12H16N4O2S/c1-8(6-13)14-10(17)2-3-11-15-12(16-18-11)9-4-5-19-7-9/h4-5,7-8H,2-3,6,13H2,1H3,(H,14,17)/t8-/m0/s1. The number of aromatic nitrogens is 2. The van der Waals surface area contributed by atoms with Gasteiger partial charge in [0.25, 0.3) is 0 Å². The van der Waals surface area contributed by atoms with Crippen LogP contribution in [-0.4, -0.2) is 28.6 Å². The van der Waals surface area contributed by atoms with Crippen molar-refractivity contribution in [1.29, 1.82) is 0 Å². The van der Waals surface area contributed by atoms with Crippen LogP contribution in [0.3, 0.4) is 0 Å². The van der Waals surface area contributed by atoms with E-state index in [1.165, 1.54) is 0 Å². The van der Waals surface area contributed by atoms with Gasteiger partial charge >= 0.3 is 0 Å². The van der Waals surface area contributed by atoms with Crippen molar-refractivity contribution < 1.29 is 9.32 Å².